The normalized spacial score (nSPS) is 16.9. The fraction of sp³-hybridized carbons (Fsp3) is 0.533. The van der Waals surface area contributed by atoms with Crippen LogP contribution in [0.5, 0.6) is 0 Å². The van der Waals surface area contributed by atoms with E-state index in [4.69, 9.17) is 4.74 Å². The van der Waals surface area contributed by atoms with Gasteiger partial charge in [-0.3, -0.25) is 4.79 Å². The summed E-state index contributed by atoms with van der Waals surface area (Å²) < 4.78 is 5.39. The van der Waals surface area contributed by atoms with Gasteiger partial charge < -0.3 is 10.1 Å². The number of hydrogen-bond donors (Lipinski definition) is 1. The molecular formula is C15H21NO2. The SMILES string of the molecule is CC(CNCc1ccccc1)OC(=O)C1CCC1. The van der Waals surface area contributed by atoms with Crippen LogP contribution in [0.4, 0.5) is 0 Å². The first-order valence-corrected chi connectivity index (χ1v) is 6.71. The van der Waals surface area contributed by atoms with Crippen molar-refractivity contribution >= 4 is 5.97 Å². The summed E-state index contributed by atoms with van der Waals surface area (Å²) in [5.74, 6) is 0.150. The average molecular weight is 247 g/mol. The molecule has 0 radical (unpaired) electrons. The van der Waals surface area contributed by atoms with Crippen molar-refractivity contribution in [2.24, 2.45) is 5.92 Å². The highest BCUT2D eigenvalue weighted by molar-refractivity contribution is 5.73. The Bertz CT molecular complexity index is 373. The van der Waals surface area contributed by atoms with Crippen molar-refractivity contribution in [1.82, 2.24) is 5.32 Å². The van der Waals surface area contributed by atoms with Crippen LogP contribution in [0.25, 0.3) is 0 Å². The molecule has 0 aromatic heterocycles. The van der Waals surface area contributed by atoms with Gasteiger partial charge >= 0.3 is 5.97 Å². The lowest BCUT2D eigenvalue weighted by atomic mass is 9.86. The minimum absolute atomic E-state index is 0.0183. The zero-order valence-corrected chi connectivity index (χ0v) is 10.9. The first kappa shape index (κ1) is 13.1. The third-order valence-electron chi connectivity index (χ3n) is 3.36. The molecular weight excluding hydrogens is 226 g/mol. The van der Waals surface area contributed by atoms with E-state index >= 15 is 0 Å². The monoisotopic (exact) mass is 247 g/mol. The van der Waals surface area contributed by atoms with E-state index in [-0.39, 0.29) is 18.0 Å². The molecule has 0 heterocycles. The van der Waals surface area contributed by atoms with Crippen LogP contribution >= 0.6 is 0 Å². The second kappa shape index (κ2) is 6.55. The summed E-state index contributed by atoms with van der Waals surface area (Å²) in [5, 5.41) is 3.30. The molecule has 0 bridgehead atoms. The fourth-order valence-electron chi connectivity index (χ4n) is 2.00. The molecule has 3 heteroatoms. The Balaban J connectivity index is 1.62. The highest BCUT2D eigenvalue weighted by Crippen LogP contribution is 2.27. The molecule has 1 saturated carbocycles. The molecule has 1 aliphatic rings. The van der Waals surface area contributed by atoms with Gasteiger partial charge in [-0.1, -0.05) is 36.8 Å². The number of hydrogen-bond acceptors (Lipinski definition) is 3. The van der Waals surface area contributed by atoms with E-state index in [1.54, 1.807) is 0 Å². The van der Waals surface area contributed by atoms with Crippen LogP contribution in [-0.2, 0) is 16.1 Å². The summed E-state index contributed by atoms with van der Waals surface area (Å²) in [5.41, 5.74) is 1.25. The van der Waals surface area contributed by atoms with E-state index < -0.39 is 0 Å². The third kappa shape index (κ3) is 3.84. The standard InChI is InChI=1S/C15H21NO2/c1-12(18-15(17)14-8-5-9-14)10-16-11-13-6-3-2-4-7-13/h2-4,6-7,12,14,16H,5,8-11H2,1H3. The van der Waals surface area contributed by atoms with Gasteiger partial charge in [0.2, 0.25) is 0 Å². The van der Waals surface area contributed by atoms with E-state index in [1.807, 2.05) is 25.1 Å². The maximum atomic E-state index is 11.6. The van der Waals surface area contributed by atoms with Gasteiger partial charge in [0.1, 0.15) is 6.10 Å². The molecule has 1 aromatic rings. The van der Waals surface area contributed by atoms with Crippen LogP contribution in [0.2, 0.25) is 0 Å². The van der Waals surface area contributed by atoms with Crippen molar-refractivity contribution in [1.29, 1.82) is 0 Å². The fourth-order valence-corrected chi connectivity index (χ4v) is 2.00. The van der Waals surface area contributed by atoms with Crippen LogP contribution in [0, 0.1) is 5.92 Å². The van der Waals surface area contributed by atoms with Crippen LogP contribution in [0.15, 0.2) is 30.3 Å². The predicted molar refractivity (Wildman–Crippen MR) is 71.0 cm³/mol. The summed E-state index contributed by atoms with van der Waals surface area (Å²) in [6.45, 7) is 3.45. The minimum Gasteiger partial charge on any atom is -0.461 e. The second-order valence-corrected chi connectivity index (χ2v) is 4.99. The van der Waals surface area contributed by atoms with E-state index in [0.29, 0.717) is 6.54 Å². The second-order valence-electron chi connectivity index (χ2n) is 4.99. The lowest BCUT2D eigenvalue weighted by Crippen LogP contribution is -2.32. The highest BCUT2D eigenvalue weighted by Gasteiger charge is 2.27. The Morgan fingerprint density at radius 2 is 2.11 bits per heavy atom. The van der Waals surface area contributed by atoms with Crippen molar-refractivity contribution in [2.45, 2.75) is 38.8 Å². The van der Waals surface area contributed by atoms with Gasteiger partial charge in [-0.25, -0.2) is 0 Å². The van der Waals surface area contributed by atoms with Crippen LogP contribution < -0.4 is 5.32 Å². The molecule has 1 N–H and O–H groups in total. The molecule has 0 spiro atoms. The molecule has 2 rings (SSSR count). The van der Waals surface area contributed by atoms with Crippen molar-refractivity contribution in [3.63, 3.8) is 0 Å². The topological polar surface area (TPSA) is 38.3 Å². The largest absolute Gasteiger partial charge is 0.461 e. The Morgan fingerprint density at radius 3 is 2.72 bits per heavy atom. The number of ether oxygens (including phenoxy) is 1. The first-order chi connectivity index (χ1) is 8.75. The number of carbonyl (C=O) groups is 1. The van der Waals surface area contributed by atoms with Crippen molar-refractivity contribution < 1.29 is 9.53 Å². The van der Waals surface area contributed by atoms with Gasteiger partial charge in [0, 0.05) is 13.1 Å². The van der Waals surface area contributed by atoms with Gasteiger partial charge in [0.25, 0.3) is 0 Å². The zero-order valence-electron chi connectivity index (χ0n) is 10.9. The number of carbonyl (C=O) groups excluding carboxylic acids is 1. The number of nitrogens with one attached hydrogen (secondary N) is 1. The van der Waals surface area contributed by atoms with Crippen molar-refractivity contribution in [2.75, 3.05) is 6.54 Å². The quantitative estimate of drug-likeness (QED) is 0.785. The molecule has 1 fully saturated rings. The van der Waals surface area contributed by atoms with Crippen LogP contribution in [0.1, 0.15) is 31.7 Å². The lowest BCUT2D eigenvalue weighted by molar-refractivity contribution is -0.155. The molecule has 0 saturated heterocycles. The van der Waals surface area contributed by atoms with Gasteiger partial charge in [-0.2, -0.15) is 0 Å². The van der Waals surface area contributed by atoms with Gasteiger partial charge in [0.05, 0.1) is 5.92 Å². The summed E-state index contributed by atoms with van der Waals surface area (Å²) in [6.07, 6.45) is 3.12. The molecule has 0 aliphatic heterocycles. The zero-order chi connectivity index (χ0) is 12.8. The third-order valence-corrected chi connectivity index (χ3v) is 3.36. The summed E-state index contributed by atoms with van der Waals surface area (Å²) >= 11 is 0. The van der Waals surface area contributed by atoms with E-state index in [2.05, 4.69) is 17.4 Å². The molecule has 1 aromatic carbocycles. The summed E-state index contributed by atoms with van der Waals surface area (Å²) in [7, 11) is 0. The summed E-state index contributed by atoms with van der Waals surface area (Å²) in [6, 6.07) is 10.2. The smallest absolute Gasteiger partial charge is 0.309 e. The first-order valence-electron chi connectivity index (χ1n) is 6.71. The van der Waals surface area contributed by atoms with E-state index in [9.17, 15) is 4.79 Å². The molecule has 1 aliphatic carbocycles. The van der Waals surface area contributed by atoms with Gasteiger partial charge in [-0.15, -0.1) is 0 Å². The maximum absolute atomic E-state index is 11.6. The molecule has 0 amide bonds. The Kier molecular flexibility index (Phi) is 4.76. The summed E-state index contributed by atoms with van der Waals surface area (Å²) in [4.78, 5) is 11.6. The van der Waals surface area contributed by atoms with Crippen molar-refractivity contribution in [3.05, 3.63) is 35.9 Å². The van der Waals surface area contributed by atoms with Crippen LogP contribution in [-0.4, -0.2) is 18.6 Å². The molecule has 1 unspecified atom stereocenters. The Morgan fingerprint density at radius 1 is 1.39 bits per heavy atom. The molecule has 18 heavy (non-hydrogen) atoms. The average Bonchev–Trinajstić information content (AvgIpc) is 2.27. The van der Waals surface area contributed by atoms with Crippen LogP contribution in [0.3, 0.4) is 0 Å². The van der Waals surface area contributed by atoms with Gasteiger partial charge in [0.15, 0.2) is 0 Å². The maximum Gasteiger partial charge on any atom is 0.309 e. The minimum atomic E-state index is -0.0539. The van der Waals surface area contributed by atoms with Crippen molar-refractivity contribution in [3.8, 4) is 0 Å². The molecule has 1 atom stereocenters. The Hall–Kier alpha value is -1.35. The van der Waals surface area contributed by atoms with Gasteiger partial charge in [-0.05, 0) is 25.3 Å². The lowest BCUT2D eigenvalue weighted by Gasteiger charge is -2.25. The van der Waals surface area contributed by atoms with E-state index in [1.165, 1.54) is 12.0 Å². The molecule has 98 valence electrons. The highest BCUT2D eigenvalue weighted by atomic mass is 16.5. The number of esters is 1. The Labute approximate surface area is 109 Å². The predicted octanol–water partition coefficient (Wildman–Crippen LogP) is 2.51. The number of benzene rings is 1. The number of rotatable bonds is 6. The molecule has 3 nitrogen and oxygen atoms in total. The van der Waals surface area contributed by atoms with E-state index in [0.717, 1.165) is 19.4 Å².